The largest absolute Gasteiger partial charge is 0.497 e. The van der Waals surface area contributed by atoms with Crippen molar-refractivity contribution in [3.63, 3.8) is 0 Å². The van der Waals surface area contributed by atoms with Gasteiger partial charge in [0.2, 0.25) is 0 Å². The van der Waals surface area contributed by atoms with E-state index in [2.05, 4.69) is 47.0 Å². The molecule has 1 aromatic heterocycles. The van der Waals surface area contributed by atoms with Crippen LogP contribution in [0.5, 0.6) is 5.75 Å². The summed E-state index contributed by atoms with van der Waals surface area (Å²) in [5.41, 5.74) is 5.29. The molecular weight excluding hydrogens is 332 g/mol. The molecule has 0 aliphatic carbocycles. The van der Waals surface area contributed by atoms with Gasteiger partial charge in [0.05, 0.1) is 13.4 Å². The first kappa shape index (κ1) is 15.0. The molecule has 2 rings (SSSR count). The summed E-state index contributed by atoms with van der Waals surface area (Å²) in [6.45, 7) is 6.67. The van der Waals surface area contributed by atoms with Crippen molar-refractivity contribution in [2.45, 2.75) is 19.6 Å². The van der Waals surface area contributed by atoms with Crippen molar-refractivity contribution < 1.29 is 9.15 Å². The van der Waals surface area contributed by atoms with Gasteiger partial charge in [-0.2, -0.15) is 0 Å². The minimum Gasteiger partial charge on any atom is -0.497 e. The number of ether oxygens (including phenoxy) is 1. The second kappa shape index (κ2) is 5.90. The van der Waals surface area contributed by atoms with Crippen LogP contribution in [-0.4, -0.2) is 15.2 Å². The summed E-state index contributed by atoms with van der Waals surface area (Å²) < 4.78 is 11.8. The molecule has 0 saturated heterocycles. The van der Waals surface area contributed by atoms with Gasteiger partial charge in [-0.15, -0.1) is 5.54 Å². The van der Waals surface area contributed by atoms with E-state index in [0.717, 1.165) is 27.1 Å². The molecule has 0 unspecified atom stereocenters. The van der Waals surface area contributed by atoms with E-state index in [9.17, 15) is 0 Å². The molecule has 0 radical (unpaired) electrons. The molecule has 0 N–H and O–H groups in total. The van der Waals surface area contributed by atoms with Crippen LogP contribution in [0.4, 0.5) is 0 Å². The molecule has 0 atom stereocenters. The second-order valence-electron chi connectivity index (χ2n) is 5.51. The Kier molecular flexibility index (Phi) is 4.41. The van der Waals surface area contributed by atoms with Crippen LogP contribution in [0.1, 0.15) is 5.56 Å². The Morgan fingerprint density at radius 3 is 2.55 bits per heavy atom. The summed E-state index contributed by atoms with van der Waals surface area (Å²) in [6, 6.07) is 7.70. The molecule has 0 bridgehead atoms. The highest BCUT2D eigenvalue weighted by Crippen LogP contribution is 2.35. The number of hydrogen-bond acceptors (Lipinski definition) is 2. The van der Waals surface area contributed by atoms with E-state index in [0.29, 0.717) is 0 Å². The number of rotatable bonds is 2. The Morgan fingerprint density at radius 1 is 1.25 bits per heavy atom. The van der Waals surface area contributed by atoms with Gasteiger partial charge >= 0.3 is 0 Å². The third-order valence-electron chi connectivity index (χ3n) is 2.64. The van der Waals surface area contributed by atoms with Gasteiger partial charge in [0.15, 0.2) is 0 Å². The molecule has 0 saturated carbocycles. The van der Waals surface area contributed by atoms with Gasteiger partial charge in [0, 0.05) is 15.6 Å². The summed E-state index contributed by atoms with van der Waals surface area (Å²) >= 11 is 3.58. The van der Waals surface area contributed by atoms with E-state index in [1.54, 1.807) is 13.4 Å². The molecule has 2 nitrogen and oxygen atoms in total. The monoisotopic (exact) mass is 348 g/mol. The zero-order chi connectivity index (χ0) is 14.8. The fourth-order valence-corrected chi connectivity index (χ4v) is 2.87. The standard InChI is InChI=1S/C16H17BrO2Si/c1-18-13-10-12(7-9-20(2,3)4)16(14(17)11-13)15-6-5-8-19-15/h5-6,8,10-11H,1-4H3. The average Bonchev–Trinajstić information content (AvgIpc) is 2.88. The number of methoxy groups -OCH3 is 1. The maximum Gasteiger partial charge on any atom is 0.136 e. The molecule has 0 spiro atoms. The Bertz CT molecular complexity index is 658. The number of hydrogen-bond donors (Lipinski definition) is 0. The van der Waals surface area contributed by atoms with Crippen LogP contribution in [0.3, 0.4) is 0 Å². The van der Waals surface area contributed by atoms with Gasteiger partial charge < -0.3 is 9.15 Å². The van der Waals surface area contributed by atoms with E-state index in [-0.39, 0.29) is 0 Å². The number of furan rings is 1. The highest BCUT2D eigenvalue weighted by molar-refractivity contribution is 9.10. The zero-order valence-corrected chi connectivity index (χ0v) is 14.7. The molecule has 20 heavy (non-hydrogen) atoms. The first-order chi connectivity index (χ1) is 9.40. The van der Waals surface area contributed by atoms with Crippen LogP contribution in [0, 0.1) is 11.5 Å². The molecule has 104 valence electrons. The highest BCUT2D eigenvalue weighted by atomic mass is 79.9. The lowest BCUT2D eigenvalue weighted by Gasteiger charge is -2.09. The summed E-state index contributed by atoms with van der Waals surface area (Å²) in [6.07, 6.45) is 1.67. The van der Waals surface area contributed by atoms with E-state index >= 15 is 0 Å². The van der Waals surface area contributed by atoms with Crippen LogP contribution in [-0.2, 0) is 0 Å². The normalized spacial score (nSPS) is 10.8. The molecule has 4 heteroatoms. The lowest BCUT2D eigenvalue weighted by atomic mass is 10.1. The molecule has 2 aromatic rings. The van der Waals surface area contributed by atoms with Crippen LogP contribution in [0.25, 0.3) is 11.3 Å². The molecule has 0 amide bonds. The van der Waals surface area contributed by atoms with Crippen molar-refractivity contribution in [3.8, 4) is 28.5 Å². The number of halogens is 1. The number of benzene rings is 1. The van der Waals surface area contributed by atoms with Crippen LogP contribution < -0.4 is 4.74 Å². The Labute approximate surface area is 129 Å². The average molecular weight is 349 g/mol. The van der Waals surface area contributed by atoms with Crippen LogP contribution in [0.15, 0.2) is 39.4 Å². The SMILES string of the molecule is COc1cc(Br)c(-c2ccco2)c(C#C[Si](C)(C)C)c1. The quantitative estimate of drug-likeness (QED) is 0.566. The Balaban J connectivity index is 2.62. The van der Waals surface area contributed by atoms with Crippen molar-refractivity contribution in [1.29, 1.82) is 0 Å². The van der Waals surface area contributed by atoms with Gasteiger partial charge in [0.25, 0.3) is 0 Å². The molecule has 0 fully saturated rings. The maximum absolute atomic E-state index is 5.52. The maximum atomic E-state index is 5.52. The summed E-state index contributed by atoms with van der Waals surface area (Å²) in [5, 5.41) is 0. The second-order valence-corrected chi connectivity index (χ2v) is 11.1. The highest BCUT2D eigenvalue weighted by Gasteiger charge is 2.14. The zero-order valence-electron chi connectivity index (χ0n) is 12.1. The molecule has 1 aromatic carbocycles. The molecule has 0 aliphatic rings. The third-order valence-corrected chi connectivity index (χ3v) is 4.14. The molecular formula is C16H17BrO2Si. The summed E-state index contributed by atoms with van der Waals surface area (Å²) in [4.78, 5) is 0. The van der Waals surface area contributed by atoms with E-state index in [1.807, 2.05) is 24.3 Å². The fraction of sp³-hybridized carbons (Fsp3) is 0.250. The molecule has 1 heterocycles. The Morgan fingerprint density at radius 2 is 2.00 bits per heavy atom. The topological polar surface area (TPSA) is 22.4 Å². The van der Waals surface area contributed by atoms with Gasteiger partial charge in [0.1, 0.15) is 19.6 Å². The first-order valence-electron chi connectivity index (χ1n) is 6.35. The lowest BCUT2D eigenvalue weighted by Crippen LogP contribution is -2.16. The Hall–Kier alpha value is -1.44. The molecule has 0 aliphatic heterocycles. The van der Waals surface area contributed by atoms with Crippen molar-refractivity contribution in [2.75, 3.05) is 7.11 Å². The minimum absolute atomic E-state index is 0.784. The van der Waals surface area contributed by atoms with Gasteiger partial charge in [-0.05, 0) is 40.2 Å². The van der Waals surface area contributed by atoms with Gasteiger partial charge in [-0.3, -0.25) is 0 Å². The predicted octanol–water partition coefficient (Wildman–Crippen LogP) is 4.95. The van der Waals surface area contributed by atoms with Gasteiger partial charge in [-0.25, -0.2) is 0 Å². The van der Waals surface area contributed by atoms with E-state index in [1.165, 1.54) is 0 Å². The third kappa shape index (κ3) is 3.56. The van der Waals surface area contributed by atoms with E-state index < -0.39 is 8.07 Å². The van der Waals surface area contributed by atoms with Crippen molar-refractivity contribution >= 4 is 24.0 Å². The van der Waals surface area contributed by atoms with Crippen molar-refractivity contribution in [1.82, 2.24) is 0 Å². The van der Waals surface area contributed by atoms with Crippen molar-refractivity contribution in [2.24, 2.45) is 0 Å². The fourth-order valence-electron chi connectivity index (χ4n) is 1.72. The smallest absolute Gasteiger partial charge is 0.136 e. The summed E-state index contributed by atoms with van der Waals surface area (Å²) in [5.74, 6) is 4.89. The summed E-state index contributed by atoms with van der Waals surface area (Å²) in [7, 11) is 0.216. The van der Waals surface area contributed by atoms with Crippen LogP contribution >= 0.6 is 15.9 Å². The predicted molar refractivity (Wildman–Crippen MR) is 88.6 cm³/mol. The van der Waals surface area contributed by atoms with Crippen LogP contribution in [0.2, 0.25) is 19.6 Å². The van der Waals surface area contributed by atoms with Gasteiger partial charge in [-0.1, -0.05) is 25.6 Å². The lowest BCUT2D eigenvalue weighted by molar-refractivity contribution is 0.414. The van der Waals surface area contributed by atoms with Crippen molar-refractivity contribution in [3.05, 3.63) is 40.6 Å². The first-order valence-corrected chi connectivity index (χ1v) is 10.6. The minimum atomic E-state index is -1.44. The van der Waals surface area contributed by atoms with E-state index in [4.69, 9.17) is 9.15 Å².